The van der Waals surface area contributed by atoms with Gasteiger partial charge in [0.05, 0.1) is 18.5 Å². The Kier molecular flexibility index (Phi) is 8.52. The molecule has 1 heterocycles. The average molecular weight is 484 g/mol. The maximum atomic E-state index is 13.1. The van der Waals surface area contributed by atoms with Crippen LogP contribution in [0.1, 0.15) is 43.6 Å². The van der Waals surface area contributed by atoms with E-state index in [0.717, 1.165) is 22.5 Å². The number of nitrogens with two attached hydrogens (primary N) is 1. The number of thiophene rings is 1. The van der Waals surface area contributed by atoms with E-state index in [4.69, 9.17) is 5.73 Å². The summed E-state index contributed by atoms with van der Waals surface area (Å²) in [5.74, 6) is -0.195. The molecule has 33 heavy (non-hydrogen) atoms. The zero-order valence-corrected chi connectivity index (χ0v) is 21.5. The van der Waals surface area contributed by atoms with E-state index in [0.29, 0.717) is 29.6 Å². The van der Waals surface area contributed by atoms with Crippen molar-refractivity contribution < 1.29 is 9.36 Å². The molecule has 0 atom stereocenters. The topological polar surface area (TPSA) is 84.2 Å². The fourth-order valence-corrected chi connectivity index (χ4v) is 7.29. The number of hydrogen-bond acceptors (Lipinski definition) is 5. The summed E-state index contributed by atoms with van der Waals surface area (Å²) in [6.45, 7) is 9.60. The van der Waals surface area contributed by atoms with Gasteiger partial charge in [0.1, 0.15) is 0 Å². The van der Waals surface area contributed by atoms with E-state index in [1.54, 1.807) is 11.3 Å². The van der Waals surface area contributed by atoms with Gasteiger partial charge in [0.25, 0.3) is 5.91 Å². The summed E-state index contributed by atoms with van der Waals surface area (Å²) in [5.41, 5.74) is 10.3. The number of anilines is 2. The van der Waals surface area contributed by atoms with Gasteiger partial charge in [-0.1, -0.05) is 52.0 Å². The largest absolute Gasteiger partial charge is 0.397 e. The summed E-state index contributed by atoms with van der Waals surface area (Å²) in [4.78, 5) is 13.9. The first kappa shape index (κ1) is 25.2. The molecule has 0 radical (unpaired) electrons. The Labute approximate surface area is 201 Å². The minimum atomic E-state index is -2.19. The van der Waals surface area contributed by atoms with Crippen LogP contribution in [-0.4, -0.2) is 29.9 Å². The molecule has 0 saturated carbocycles. The Bertz CT molecular complexity index is 1100. The van der Waals surface area contributed by atoms with Crippen molar-refractivity contribution in [2.75, 3.05) is 23.8 Å². The zero-order chi connectivity index (χ0) is 24.0. The Morgan fingerprint density at radius 2 is 1.73 bits per heavy atom. The third kappa shape index (κ3) is 6.35. The molecule has 1 aromatic heterocycles. The van der Waals surface area contributed by atoms with E-state index in [2.05, 4.69) is 38.3 Å². The standard InChI is InChI=1S/C26H34N3O2PS/c1-18(2)32(31,19(3)4)14-13-28-17-20-7-9-21(10-8-20)26(30)29-24-16-22(11-12-23(24)27)25-6-5-15-33-25/h5-12,15-16,18-19,28H,13-14,17,27H2,1-4H3,(H,29,30). The number of amides is 1. The van der Waals surface area contributed by atoms with Crippen LogP contribution < -0.4 is 16.4 Å². The van der Waals surface area contributed by atoms with Gasteiger partial charge in [-0.05, 0) is 46.8 Å². The van der Waals surface area contributed by atoms with Gasteiger partial charge >= 0.3 is 0 Å². The summed E-state index contributed by atoms with van der Waals surface area (Å²) in [5, 5.41) is 8.35. The van der Waals surface area contributed by atoms with Gasteiger partial charge in [-0.15, -0.1) is 11.3 Å². The lowest BCUT2D eigenvalue weighted by atomic mass is 10.1. The fourth-order valence-electron chi connectivity index (χ4n) is 3.83. The molecule has 0 aliphatic heterocycles. The van der Waals surface area contributed by atoms with Gasteiger partial charge in [-0.2, -0.15) is 0 Å². The molecule has 0 fully saturated rings. The summed E-state index contributed by atoms with van der Waals surface area (Å²) < 4.78 is 13.1. The normalized spacial score (nSPS) is 11.8. The summed E-state index contributed by atoms with van der Waals surface area (Å²) in [6, 6.07) is 17.2. The van der Waals surface area contributed by atoms with Crippen LogP contribution >= 0.6 is 18.5 Å². The van der Waals surface area contributed by atoms with Crippen molar-refractivity contribution >= 4 is 35.8 Å². The molecular weight excluding hydrogens is 449 g/mol. The maximum Gasteiger partial charge on any atom is 0.255 e. The third-order valence-electron chi connectivity index (χ3n) is 6.04. The van der Waals surface area contributed by atoms with Crippen LogP contribution in [0.5, 0.6) is 0 Å². The van der Waals surface area contributed by atoms with Crippen LogP contribution in [0.3, 0.4) is 0 Å². The van der Waals surface area contributed by atoms with Crippen molar-refractivity contribution in [3.05, 3.63) is 71.1 Å². The fraction of sp³-hybridized carbons (Fsp3) is 0.346. The number of nitrogen functional groups attached to an aromatic ring is 1. The van der Waals surface area contributed by atoms with Crippen LogP contribution in [0.2, 0.25) is 0 Å². The average Bonchev–Trinajstić information content (AvgIpc) is 3.33. The Morgan fingerprint density at radius 1 is 1.03 bits per heavy atom. The van der Waals surface area contributed by atoms with Crippen molar-refractivity contribution in [1.82, 2.24) is 5.32 Å². The minimum Gasteiger partial charge on any atom is -0.397 e. The van der Waals surface area contributed by atoms with Crippen LogP contribution in [-0.2, 0) is 11.1 Å². The highest BCUT2D eigenvalue weighted by Gasteiger charge is 2.29. The number of carbonyl (C=O) groups is 1. The molecule has 0 aliphatic rings. The molecule has 1 amide bonds. The highest BCUT2D eigenvalue weighted by Crippen LogP contribution is 2.54. The summed E-state index contributed by atoms with van der Waals surface area (Å²) in [7, 11) is -2.19. The molecule has 0 bridgehead atoms. The molecule has 5 nitrogen and oxygen atoms in total. The van der Waals surface area contributed by atoms with Crippen LogP contribution in [0.15, 0.2) is 60.0 Å². The van der Waals surface area contributed by atoms with Gasteiger partial charge in [-0.3, -0.25) is 4.79 Å². The molecule has 176 valence electrons. The summed E-state index contributed by atoms with van der Waals surface area (Å²) in [6.07, 6.45) is 0.703. The predicted molar refractivity (Wildman–Crippen MR) is 143 cm³/mol. The van der Waals surface area contributed by atoms with Crippen molar-refractivity contribution in [1.29, 1.82) is 0 Å². The number of benzene rings is 2. The van der Waals surface area contributed by atoms with Crippen LogP contribution in [0.25, 0.3) is 10.4 Å². The number of hydrogen-bond donors (Lipinski definition) is 3. The monoisotopic (exact) mass is 483 g/mol. The lowest BCUT2D eigenvalue weighted by molar-refractivity contribution is 0.102. The van der Waals surface area contributed by atoms with Crippen molar-refractivity contribution in [2.45, 2.75) is 45.6 Å². The number of rotatable bonds is 10. The molecule has 3 aromatic rings. The second kappa shape index (κ2) is 11.1. The first-order chi connectivity index (χ1) is 15.7. The first-order valence-corrected chi connectivity index (χ1v) is 14.2. The van der Waals surface area contributed by atoms with Gasteiger partial charge in [0.15, 0.2) is 0 Å². The molecule has 2 aromatic carbocycles. The molecular formula is C26H34N3O2PS. The van der Waals surface area contributed by atoms with E-state index >= 15 is 0 Å². The van der Waals surface area contributed by atoms with E-state index in [1.807, 2.05) is 60.0 Å². The van der Waals surface area contributed by atoms with Crippen molar-refractivity contribution in [3.63, 3.8) is 0 Å². The lowest BCUT2D eigenvalue weighted by Crippen LogP contribution is -2.22. The molecule has 0 aliphatic carbocycles. The zero-order valence-electron chi connectivity index (χ0n) is 19.8. The number of nitrogens with one attached hydrogen (secondary N) is 2. The van der Waals surface area contributed by atoms with Crippen LogP contribution in [0, 0.1) is 0 Å². The van der Waals surface area contributed by atoms with E-state index < -0.39 is 7.14 Å². The molecule has 0 saturated heterocycles. The van der Waals surface area contributed by atoms with E-state index in [9.17, 15) is 9.36 Å². The van der Waals surface area contributed by atoms with Crippen molar-refractivity contribution in [3.8, 4) is 10.4 Å². The molecule has 7 heteroatoms. The van der Waals surface area contributed by atoms with E-state index in [-0.39, 0.29) is 17.2 Å². The second-order valence-electron chi connectivity index (χ2n) is 8.87. The maximum absolute atomic E-state index is 13.1. The number of carbonyl (C=O) groups excluding carboxylic acids is 1. The highest BCUT2D eigenvalue weighted by atomic mass is 32.1. The SMILES string of the molecule is CC(C)P(=O)(CCNCc1ccc(C(=O)Nc2cc(-c3cccs3)ccc2N)cc1)C(C)C. The van der Waals surface area contributed by atoms with Gasteiger partial charge < -0.3 is 20.9 Å². The lowest BCUT2D eigenvalue weighted by Gasteiger charge is -2.26. The van der Waals surface area contributed by atoms with Gasteiger partial charge in [0, 0.05) is 41.0 Å². The third-order valence-corrected chi connectivity index (χ3v) is 11.4. The Hall–Kier alpha value is -2.40. The van der Waals surface area contributed by atoms with Crippen LogP contribution in [0.4, 0.5) is 11.4 Å². The van der Waals surface area contributed by atoms with Crippen molar-refractivity contribution in [2.24, 2.45) is 0 Å². The quantitative estimate of drug-likeness (QED) is 0.174. The molecule has 0 spiro atoms. The molecule has 3 rings (SSSR count). The molecule has 4 N–H and O–H groups in total. The summed E-state index contributed by atoms with van der Waals surface area (Å²) >= 11 is 1.64. The Morgan fingerprint density at radius 3 is 2.33 bits per heavy atom. The first-order valence-electron chi connectivity index (χ1n) is 11.3. The van der Waals surface area contributed by atoms with Gasteiger partial charge in [-0.25, -0.2) is 0 Å². The second-order valence-corrected chi connectivity index (χ2v) is 14.0. The Balaban J connectivity index is 1.56. The van der Waals surface area contributed by atoms with Gasteiger partial charge in [0.2, 0.25) is 0 Å². The highest BCUT2D eigenvalue weighted by molar-refractivity contribution is 7.65. The molecule has 0 unspecified atom stereocenters. The predicted octanol–water partition coefficient (Wildman–Crippen LogP) is 6.52. The van der Waals surface area contributed by atoms with E-state index in [1.165, 1.54) is 0 Å². The minimum absolute atomic E-state index is 0.195. The smallest absolute Gasteiger partial charge is 0.255 e.